The molecule has 1 saturated carbocycles. The quantitative estimate of drug-likeness (QED) is 0.283. The molecular formula is C35H41ClFN7O3. The normalized spacial score (nSPS) is 22.5. The van der Waals surface area contributed by atoms with E-state index in [1.807, 2.05) is 18.2 Å². The maximum atomic E-state index is 14.6. The van der Waals surface area contributed by atoms with E-state index in [1.165, 1.54) is 12.1 Å². The van der Waals surface area contributed by atoms with Crippen LogP contribution >= 0.6 is 11.6 Å². The second kappa shape index (κ2) is 13.6. The fourth-order valence-corrected chi connectivity index (χ4v) is 7.73. The third-order valence-electron chi connectivity index (χ3n) is 9.66. The minimum absolute atomic E-state index is 0.0754. The van der Waals surface area contributed by atoms with Crippen molar-refractivity contribution >= 4 is 39.8 Å². The van der Waals surface area contributed by atoms with Gasteiger partial charge in [-0.15, -0.1) is 0 Å². The second-order valence-electron chi connectivity index (χ2n) is 13.2. The van der Waals surface area contributed by atoms with Gasteiger partial charge in [0.15, 0.2) is 0 Å². The average Bonchev–Trinajstić information content (AvgIpc) is 3.06. The predicted octanol–water partition coefficient (Wildman–Crippen LogP) is 4.84. The van der Waals surface area contributed by atoms with Gasteiger partial charge in [-0.1, -0.05) is 36.4 Å². The molecule has 10 nitrogen and oxygen atoms in total. The lowest BCUT2D eigenvalue weighted by molar-refractivity contribution is -0.128. The Morgan fingerprint density at radius 3 is 2.74 bits per heavy atom. The summed E-state index contributed by atoms with van der Waals surface area (Å²) in [7, 11) is 5.86. The van der Waals surface area contributed by atoms with Crippen LogP contribution < -0.4 is 14.5 Å². The topological polar surface area (TPSA) is 98.1 Å². The molecule has 3 heterocycles. The van der Waals surface area contributed by atoms with Crippen molar-refractivity contribution in [2.75, 3.05) is 70.3 Å². The van der Waals surface area contributed by atoms with Gasteiger partial charge in [-0.25, -0.2) is 4.39 Å². The Morgan fingerprint density at radius 2 is 2.02 bits per heavy atom. The number of piperazine rings is 1. The molecule has 2 fully saturated rings. The molecule has 248 valence electrons. The van der Waals surface area contributed by atoms with Gasteiger partial charge in [-0.05, 0) is 57.0 Å². The standard InChI is InChI=1S/C35H41ClFN7O3/c1-5-30(45)44-16-15-43(19-24(44)11-13-38)33-26-12-14-42(29-8-6-7-23-9-10-27(37)32(36)31(23)29)20-28(26)39-34(40-33)47-22-35(21-41(2)3)17-25(18-35)46-4/h5-10,24-25H,1,11-12,14-22H2,2-4H3/t24-,25?,35?/m0/s1. The summed E-state index contributed by atoms with van der Waals surface area (Å²) in [6.45, 7) is 7.51. The number of benzene rings is 2. The number of rotatable bonds is 10. The Hall–Kier alpha value is -3.98. The first-order valence-electron chi connectivity index (χ1n) is 16.0. The van der Waals surface area contributed by atoms with Crippen LogP contribution in [0.2, 0.25) is 5.02 Å². The molecule has 0 spiro atoms. The average molecular weight is 662 g/mol. The highest BCUT2D eigenvalue weighted by Crippen LogP contribution is 2.44. The van der Waals surface area contributed by atoms with Gasteiger partial charge in [0.25, 0.3) is 0 Å². The van der Waals surface area contributed by atoms with Crippen molar-refractivity contribution in [1.82, 2.24) is 19.8 Å². The van der Waals surface area contributed by atoms with Crippen molar-refractivity contribution in [2.45, 2.75) is 44.4 Å². The number of aromatic nitrogens is 2. The van der Waals surface area contributed by atoms with E-state index in [1.54, 1.807) is 18.1 Å². The zero-order chi connectivity index (χ0) is 33.3. The van der Waals surface area contributed by atoms with Gasteiger partial charge >= 0.3 is 6.01 Å². The Kier molecular flexibility index (Phi) is 9.55. The highest BCUT2D eigenvalue weighted by atomic mass is 35.5. The Bertz CT molecular complexity index is 1710. The van der Waals surface area contributed by atoms with E-state index in [9.17, 15) is 14.4 Å². The Balaban J connectivity index is 1.35. The molecular weight excluding hydrogens is 621 g/mol. The number of amides is 1. The van der Waals surface area contributed by atoms with Crippen molar-refractivity contribution in [2.24, 2.45) is 5.41 Å². The summed E-state index contributed by atoms with van der Waals surface area (Å²) in [4.78, 5) is 30.8. The molecule has 1 aromatic heterocycles. The Morgan fingerprint density at radius 1 is 1.21 bits per heavy atom. The molecule has 0 unspecified atom stereocenters. The van der Waals surface area contributed by atoms with Crippen molar-refractivity contribution in [1.29, 1.82) is 5.26 Å². The van der Waals surface area contributed by atoms with Crippen molar-refractivity contribution < 1.29 is 18.7 Å². The summed E-state index contributed by atoms with van der Waals surface area (Å²) in [6, 6.07) is 11.2. The van der Waals surface area contributed by atoms with Gasteiger partial charge in [0.2, 0.25) is 5.91 Å². The summed E-state index contributed by atoms with van der Waals surface area (Å²) in [5, 5.41) is 11.2. The first-order valence-corrected chi connectivity index (χ1v) is 16.4. The smallest absolute Gasteiger partial charge is 0.318 e. The first kappa shape index (κ1) is 32.9. The van der Waals surface area contributed by atoms with Crippen molar-refractivity contribution in [3.63, 3.8) is 0 Å². The maximum absolute atomic E-state index is 14.6. The largest absolute Gasteiger partial charge is 0.463 e. The third-order valence-corrected chi connectivity index (χ3v) is 10.0. The third kappa shape index (κ3) is 6.59. The molecule has 1 saturated heterocycles. The first-order chi connectivity index (χ1) is 22.6. The molecule has 0 N–H and O–H groups in total. The summed E-state index contributed by atoms with van der Waals surface area (Å²) >= 11 is 6.52. The summed E-state index contributed by atoms with van der Waals surface area (Å²) in [5.41, 5.74) is 2.60. The molecule has 1 amide bonds. The van der Waals surface area contributed by atoms with Gasteiger partial charge in [0.1, 0.15) is 11.6 Å². The van der Waals surface area contributed by atoms with Gasteiger partial charge in [0, 0.05) is 61.9 Å². The number of methoxy groups -OCH3 is 1. The van der Waals surface area contributed by atoms with Crippen LogP contribution in [-0.2, 0) is 22.5 Å². The SMILES string of the molecule is C=CC(=O)N1CCN(c2nc(OCC3(CN(C)C)CC(OC)C3)nc3c2CCN(c2cccc4ccc(F)c(Cl)c24)C3)C[C@@H]1CC#N. The minimum Gasteiger partial charge on any atom is -0.463 e. The van der Waals surface area contributed by atoms with E-state index in [-0.39, 0.29) is 34.9 Å². The van der Waals surface area contributed by atoms with Crippen LogP contribution in [0.15, 0.2) is 43.0 Å². The zero-order valence-electron chi connectivity index (χ0n) is 27.2. The van der Waals surface area contributed by atoms with Crippen LogP contribution in [0.1, 0.15) is 30.5 Å². The lowest BCUT2D eigenvalue weighted by atomic mass is 9.67. The lowest BCUT2D eigenvalue weighted by Crippen LogP contribution is -2.55. The Labute approximate surface area is 280 Å². The number of carbonyl (C=O) groups excluding carboxylic acids is 1. The molecule has 1 atom stereocenters. The van der Waals surface area contributed by atoms with Crippen LogP contribution in [0.4, 0.5) is 15.9 Å². The predicted molar refractivity (Wildman–Crippen MR) is 180 cm³/mol. The number of hydrogen-bond donors (Lipinski definition) is 0. The summed E-state index contributed by atoms with van der Waals surface area (Å²) in [5.74, 6) is 0.134. The highest BCUT2D eigenvalue weighted by Gasteiger charge is 2.46. The number of nitriles is 1. The van der Waals surface area contributed by atoms with Gasteiger partial charge < -0.3 is 29.1 Å². The number of ether oxygens (including phenoxy) is 2. The zero-order valence-corrected chi connectivity index (χ0v) is 28.0. The van der Waals surface area contributed by atoms with E-state index in [0.717, 1.165) is 47.5 Å². The number of fused-ring (bicyclic) bond motifs is 2. The van der Waals surface area contributed by atoms with E-state index in [2.05, 4.69) is 41.4 Å². The number of hydrogen-bond acceptors (Lipinski definition) is 9. The van der Waals surface area contributed by atoms with E-state index < -0.39 is 5.82 Å². The van der Waals surface area contributed by atoms with Gasteiger partial charge in [0.05, 0.1) is 48.5 Å². The molecule has 12 heteroatoms. The molecule has 1 aliphatic carbocycles. The van der Waals surface area contributed by atoms with Crippen molar-refractivity contribution in [3.05, 3.63) is 65.1 Å². The fraction of sp³-hybridized carbons (Fsp3) is 0.486. The monoisotopic (exact) mass is 661 g/mol. The minimum atomic E-state index is -0.455. The number of nitrogens with zero attached hydrogens (tertiary/aromatic N) is 7. The van der Waals surface area contributed by atoms with Crippen LogP contribution in [-0.4, -0.2) is 98.4 Å². The van der Waals surface area contributed by atoms with Crippen LogP contribution in [0.25, 0.3) is 10.8 Å². The van der Waals surface area contributed by atoms with Gasteiger partial charge in [-0.2, -0.15) is 15.2 Å². The van der Waals surface area contributed by atoms with Crippen molar-refractivity contribution in [3.8, 4) is 12.1 Å². The number of halogens is 2. The van der Waals surface area contributed by atoms with E-state index >= 15 is 0 Å². The molecule has 6 rings (SSSR count). The fourth-order valence-electron chi connectivity index (χ4n) is 7.46. The molecule has 0 radical (unpaired) electrons. The van der Waals surface area contributed by atoms with E-state index in [4.69, 9.17) is 31.0 Å². The molecule has 3 aliphatic rings. The highest BCUT2D eigenvalue weighted by molar-refractivity contribution is 6.36. The van der Waals surface area contributed by atoms with Gasteiger partial charge in [-0.3, -0.25) is 4.79 Å². The van der Waals surface area contributed by atoms with Crippen LogP contribution in [0.5, 0.6) is 6.01 Å². The van der Waals surface area contributed by atoms with Crippen LogP contribution in [0.3, 0.4) is 0 Å². The van der Waals surface area contributed by atoms with Crippen LogP contribution in [0, 0.1) is 22.6 Å². The summed E-state index contributed by atoms with van der Waals surface area (Å²) < 4.78 is 26.7. The molecule has 3 aromatic rings. The summed E-state index contributed by atoms with van der Waals surface area (Å²) in [6.07, 6.45) is 4.13. The molecule has 0 bridgehead atoms. The molecule has 47 heavy (non-hydrogen) atoms. The molecule has 2 aromatic carbocycles. The maximum Gasteiger partial charge on any atom is 0.318 e. The van der Waals surface area contributed by atoms with E-state index in [0.29, 0.717) is 57.1 Å². The lowest BCUT2D eigenvalue weighted by Gasteiger charge is -2.47. The number of anilines is 2. The number of carbonyl (C=O) groups is 1. The second-order valence-corrected chi connectivity index (χ2v) is 13.5. The molecule has 2 aliphatic heterocycles.